The van der Waals surface area contributed by atoms with Gasteiger partial charge in [-0.15, -0.1) is 10.2 Å². The Bertz CT molecular complexity index is 770. The summed E-state index contributed by atoms with van der Waals surface area (Å²) < 4.78 is 7.06. The summed E-state index contributed by atoms with van der Waals surface area (Å²) in [5.41, 5.74) is 1.76. The molecule has 0 aliphatic rings. The average Bonchev–Trinajstić information content (AvgIpc) is 3.23. The van der Waals surface area contributed by atoms with Gasteiger partial charge in [-0.05, 0) is 13.0 Å². The van der Waals surface area contributed by atoms with E-state index in [1.807, 2.05) is 23.8 Å². The first kappa shape index (κ1) is 17.3. The van der Waals surface area contributed by atoms with Gasteiger partial charge in [-0.25, -0.2) is 9.97 Å². The number of hydrogen-bond donors (Lipinski definition) is 3. The van der Waals surface area contributed by atoms with Crippen molar-refractivity contribution in [1.82, 2.24) is 29.7 Å². The number of anilines is 1. The van der Waals surface area contributed by atoms with Crippen LogP contribution in [0.25, 0.3) is 11.0 Å². The van der Waals surface area contributed by atoms with Crippen LogP contribution in [0.15, 0.2) is 24.9 Å². The van der Waals surface area contributed by atoms with E-state index in [0.29, 0.717) is 13.2 Å². The zero-order chi connectivity index (χ0) is 17.4. The summed E-state index contributed by atoms with van der Waals surface area (Å²) in [6, 6.07) is 1.87. The van der Waals surface area contributed by atoms with Crippen molar-refractivity contribution >= 4 is 23.3 Å². The highest BCUT2D eigenvalue weighted by atomic mass is 16.5. The zero-order valence-electron chi connectivity index (χ0n) is 13.4. The maximum absolute atomic E-state index is 8.36. The number of hydrogen-bond acceptors (Lipinski definition) is 7. The van der Waals surface area contributed by atoms with Gasteiger partial charge in [0.15, 0.2) is 11.6 Å². The molecule has 0 spiro atoms. The van der Waals surface area contributed by atoms with Gasteiger partial charge >= 0.3 is 0 Å². The van der Waals surface area contributed by atoms with Crippen LogP contribution in [0.4, 0.5) is 5.82 Å². The summed E-state index contributed by atoms with van der Waals surface area (Å²) in [7, 11) is 1.68. The van der Waals surface area contributed by atoms with Crippen LogP contribution < -0.4 is 5.32 Å². The summed E-state index contributed by atoms with van der Waals surface area (Å²) in [4.78, 5) is 20.0. The topological polar surface area (TPSA) is 131 Å². The minimum Gasteiger partial charge on any atom is -0.483 e. The van der Waals surface area contributed by atoms with Crippen LogP contribution in [-0.4, -0.2) is 55.0 Å². The van der Waals surface area contributed by atoms with E-state index in [2.05, 4.69) is 30.5 Å². The molecule has 0 bridgehead atoms. The van der Waals surface area contributed by atoms with E-state index in [-0.39, 0.29) is 12.5 Å². The number of nitrogens with zero attached hydrogens (tertiary/aromatic N) is 5. The Labute approximate surface area is 137 Å². The van der Waals surface area contributed by atoms with Crippen LogP contribution in [0.1, 0.15) is 18.8 Å². The number of methoxy groups -OCH3 is 1. The van der Waals surface area contributed by atoms with E-state index >= 15 is 0 Å². The van der Waals surface area contributed by atoms with Crippen molar-refractivity contribution in [2.75, 3.05) is 19.0 Å². The Balaban J connectivity index is 0.000000647. The van der Waals surface area contributed by atoms with E-state index in [0.717, 1.165) is 22.7 Å². The smallest absolute Gasteiger partial charge is 0.290 e. The first-order valence-electron chi connectivity index (χ1n) is 7.20. The SMILES string of the molecule is COCCn1cnnc1C(C)Nc1ncnc2cc[nH]c12.O=CO. The molecular weight excluding hydrogens is 314 g/mol. The van der Waals surface area contributed by atoms with Gasteiger partial charge in [0.2, 0.25) is 0 Å². The van der Waals surface area contributed by atoms with E-state index in [9.17, 15) is 0 Å². The fourth-order valence-electron chi connectivity index (χ4n) is 2.21. The van der Waals surface area contributed by atoms with Crippen molar-refractivity contribution in [3.8, 4) is 0 Å². The minimum atomic E-state index is -0.250. The maximum Gasteiger partial charge on any atom is 0.290 e. The molecule has 0 aromatic carbocycles. The molecule has 3 aromatic rings. The van der Waals surface area contributed by atoms with Gasteiger partial charge in [0.05, 0.1) is 18.2 Å². The molecule has 0 saturated heterocycles. The summed E-state index contributed by atoms with van der Waals surface area (Å²) in [5.74, 6) is 1.59. The minimum absolute atomic E-state index is 0.0363. The van der Waals surface area contributed by atoms with Gasteiger partial charge in [0, 0.05) is 19.9 Å². The van der Waals surface area contributed by atoms with E-state index in [1.54, 1.807) is 19.8 Å². The number of nitrogens with one attached hydrogen (secondary N) is 2. The molecule has 1 unspecified atom stereocenters. The molecule has 1 atom stereocenters. The maximum atomic E-state index is 8.36. The highest BCUT2D eigenvalue weighted by Gasteiger charge is 2.15. The third-order valence-electron chi connectivity index (χ3n) is 3.27. The highest BCUT2D eigenvalue weighted by molar-refractivity contribution is 5.85. The number of rotatable bonds is 6. The molecule has 0 fully saturated rings. The molecule has 0 amide bonds. The number of aromatic nitrogens is 6. The van der Waals surface area contributed by atoms with Crippen molar-refractivity contribution in [1.29, 1.82) is 0 Å². The largest absolute Gasteiger partial charge is 0.483 e. The number of ether oxygens (including phenoxy) is 1. The summed E-state index contributed by atoms with van der Waals surface area (Å²) >= 11 is 0. The molecule has 0 aliphatic heterocycles. The second-order valence-electron chi connectivity index (χ2n) is 4.81. The lowest BCUT2D eigenvalue weighted by atomic mass is 10.3. The first-order valence-corrected chi connectivity index (χ1v) is 7.20. The monoisotopic (exact) mass is 333 g/mol. The lowest BCUT2D eigenvalue weighted by molar-refractivity contribution is -0.122. The van der Waals surface area contributed by atoms with Crippen molar-refractivity contribution in [2.45, 2.75) is 19.5 Å². The normalized spacial score (nSPS) is 11.6. The zero-order valence-corrected chi connectivity index (χ0v) is 13.4. The molecule has 128 valence electrons. The number of fused-ring (bicyclic) bond motifs is 1. The Hall–Kier alpha value is -3.01. The highest BCUT2D eigenvalue weighted by Crippen LogP contribution is 2.21. The van der Waals surface area contributed by atoms with Crippen molar-refractivity contribution in [3.05, 3.63) is 30.7 Å². The molecule has 0 aliphatic carbocycles. The van der Waals surface area contributed by atoms with Crippen LogP contribution in [0, 0.1) is 0 Å². The number of carbonyl (C=O) groups is 1. The Morgan fingerprint density at radius 1 is 1.50 bits per heavy atom. The Morgan fingerprint density at radius 2 is 2.29 bits per heavy atom. The molecule has 24 heavy (non-hydrogen) atoms. The molecule has 3 heterocycles. The molecule has 0 saturated carbocycles. The van der Waals surface area contributed by atoms with Gasteiger partial charge in [0.1, 0.15) is 18.2 Å². The molecule has 3 rings (SSSR count). The fraction of sp³-hybridized carbons (Fsp3) is 0.357. The number of aromatic amines is 1. The third kappa shape index (κ3) is 4.04. The summed E-state index contributed by atoms with van der Waals surface area (Å²) in [6.07, 6.45) is 5.09. The van der Waals surface area contributed by atoms with Crippen molar-refractivity contribution in [2.24, 2.45) is 0 Å². The quantitative estimate of drug-likeness (QED) is 0.571. The summed E-state index contributed by atoms with van der Waals surface area (Å²) in [5, 5.41) is 18.4. The predicted octanol–water partition coefficient (Wildman–Crippen LogP) is 1.07. The summed E-state index contributed by atoms with van der Waals surface area (Å²) in [6.45, 7) is 3.10. The molecule has 3 N–H and O–H groups in total. The van der Waals surface area contributed by atoms with Gasteiger partial charge < -0.3 is 24.7 Å². The predicted molar refractivity (Wildman–Crippen MR) is 86.5 cm³/mol. The van der Waals surface area contributed by atoms with Crippen LogP contribution in [0.2, 0.25) is 0 Å². The van der Waals surface area contributed by atoms with Crippen molar-refractivity contribution < 1.29 is 14.6 Å². The molecule has 10 nitrogen and oxygen atoms in total. The van der Waals surface area contributed by atoms with Gasteiger partial charge in [0.25, 0.3) is 6.47 Å². The Morgan fingerprint density at radius 3 is 3.04 bits per heavy atom. The van der Waals surface area contributed by atoms with E-state index in [1.165, 1.54) is 0 Å². The van der Waals surface area contributed by atoms with E-state index in [4.69, 9.17) is 14.6 Å². The molecule has 3 aromatic heterocycles. The first-order chi connectivity index (χ1) is 11.7. The molecular formula is C14H19N7O3. The standard InChI is InChI=1S/C13H17N7O.CH2O2/c1-9(13-19-17-8-20(13)5-6-21-2)18-12-11-10(3-4-14-11)15-7-16-12;2-1-3/h3-4,7-9,14H,5-6H2,1-2H3,(H,15,16,18);1H,(H,2,3). The number of H-pyrrole nitrogens is 1. The fourth-order valence-corrected chi connectivity index (χ4v) is 2.21. The lowest BCUT2D eigenvalue weighted by Gasteiger charge is -2.15. The van der Waals surface area contributed by atoms with Crippen LogP contribution in [-0.2, 0) is 16.1 Å². The van der Waals surface area contributed by atoms with Crippen LogP contribution >= 0.6 is 0 Å². The van der Waals surface area contributed by atoms with E-state index < -0.39 is 0 Å². The molecule has 0 radical (unpaired) electrons. The second-order valence-corrected chi connectivity index (χ2v) is 4.81. The van der Waals surface area contributed by atoms with Crippen LogP contribution in [0.3, 0.4) is 0 Å². The van der Waals surface area contributed by atoms with Crippen LogP contribution in [0.5, 0.6) is 0 Å². The molecule has 10 heteroatoms. The van der Waals surface area contributed by atoms with Gasteiger partial charge in [-0.1, -0.05) is 0 Å². The Kier molecular flexibility index (Phi) is 6.20. The number of carboxylic acid groups (broad SMARTS) is 1. The lowest BCUT2D eigenvalue weighted by Crippen LogP contribution is -2.16. The van der Waals surface area contributed by atoms with Crippen molar-refractivity contribution in [3.63, 3.8) is 0 Å². The third-order valence-corrected chi connectivity index (χ3v) is 3.27. The average molecular weight is 333 g/mol. The van der Waals surface area contributed by atoms with Gasteiger partial charge in [-0.2, -0.15) is 0 Å². The van der Waals surface area contributed by atoms with Gasteiger partial charge in [-0.3, -0.25) is 4.79 Å². The second kappa shape index (κ2) is 8.58.